The number of rotatable bonds is 47. The Labute approximate surface area is 383 Å². The number of hydrogen-bond donors (Lipinski definition) is 1. The SMILES string of the molecule is CCCCCCCC/C=C\CCCCCCCC(=O)OCCCCC(CCCCOC(=O)CCCCCCC/C=C\CCCCCCCC)OC(=O)NCCN(C)CCN(C)C. The number of ether oxygens (including phenoxy) is 3. The van der Waals surface area contributed by atoms with E-state index < -0.39 is 6.09 Å². The predicted molar refractivity (Wildman–Crippen MR) is 263 cm³/mol. The Bertz CT molecular complexity index is 988. The fourth-order valence-corrected chi connectivity index (χ4v) is 7.43. The van der Waals surface area contributed by atoms with E-state index in [1.807, 2.05) is 0 Å². The lowest BCUT2D eigenvalue weighted by Gasteiger charge is -2.21. The molecule has 0 aliphatic rings. The van der Waals surface area contributed by atoms with Crippen LogP contribution < -0.4 is 5.32 Å². The van der Waals surface area contributed by atoms with Crippen LogP contribution in [0.1, 0.15) is 232 Å². The van der Waals surface area contributed by atoms with E-state index in [1.165, 1.54) is 128 Å². The highest BCUT2D eigenvalue weighted by molar-refractivity contribution is 5.69. The van der Waals surface area contributed by atoms with E-state index in [-0.39, 0.29) is 18.0 Å². The number of unbranched alkanes of at least 4 members (excludes halogenated alkanes) is 24. The van der Waals surface area contributed by atoms with Gasteiger partial charge in [0.2, 0.25) is 0 Å². The Balaban J connectivity index is 4.22. The summed E-state index contributed by atoms with van der Waals surface area (Å²) in [4.78, 5) is 41.7. The number of alkyl carbamates (subject to hydrolysis) is 1. The van der Waals surface area contributed by atoms with Crippen molar-refractivity contribution in [2.45, 2.75) is 238 Å². The monoisotopic (exact) mass is 876 g/mol. The average molecular weight is 876 g/mol. The van der Waals surface area contributed by atoms with E-state index in [0.29, 0.717) is 45.4 Å². The number of carbonyl (C=O) groups is 3. The summed E-state index contributed by atoms with van der Waals surface area (Å²) in [6.45, 7) is 8.49. The summed E-state index contributed by atoms with van der Waals surface area (Å²) in [7, 11) is 6.16. The molecule has 0 fully saturated rings. The molecule has 0 heterocycles. The van der Waals surface area contributed by atoms with Crippen LogP contribution in [0, 0.1) is 0 Å². The van der Waals surface area contributed by atoms with Crippen molar-refractivity contribution in [3.8, 4) is 0 Å². The summed E-state index contributed by atoms with van der Waals surface area (Å²) < 4.78 is 16.9. The van der Waals surface area contributed by atoms with Crippen molar-refractivity contribution in [1.82, 2.24) is 15.1 Å². The predicted octanol–water partition coefficient (Wildman–Crippen LogP) is 14.1. The van der Waals surface area contributed by atoms with Gasteiger partial charge in [-0.1, -0.05) is 141 Å². The van der Waals surface area contributed by atoms with Crippen LogP contribution in [0.3, 0.4) is 0 Å². The molecule has 0 saturated carbocycles. The van der Waals surface area contributed by atoms with Crippen molar-refractivity contribution in [3.63, 3.8) is 0 Å². The third kappa shape index (κ3) is 47.1. The molecule has 0 radical (unpaired) electrons. The Morgan fingerprint density at radius 1 is 0.468 bits per heavy atom. The van der Waals surface area contributed by atoms with Crippen LogP contribution in [0.5, 0.6) is 0 Å². The Morgan fingerprint density at radius 2 is 0.855 bits per heavy atom. The Hall–Kier alpha value is -2.39. The van der Waals surface area contributed by atoms with Crippen molar-refractivity contribution in [2.75, 3.05) is 60.5 Å². The molecular formula is C53H101N3O6. The van der Waals surface area contributed by atoms with E-state index in [9.17, 15) is 14.4 Å². The standard InChI is InChI=1S/C53H101N3O6/c1-6-8-10-12-14-16-18-20-22-24-26-28-30-32-34-42-51(57)60-48-38-36-40-50(62-53(59)54-44-45-56(5)47-46-55(3)4)41-37-39-49-61-52(58)43-35-33-31-29-27-25-23-21-19-17-15-13-11-9-7-2/h20-23,50H,6-19,24-49H2,1-5H3,(H,54,59)/b22-20-,23-21-. The molecule has 62 heavy (non-hydrogen) atoms. The summed E-state index contributed by atoms with van der Waals surface area (Å²) >= 11 is 0. The average Bonchev–Trinajstić information content (AvgIpc) is 3.25. The van der Waals surface area contributed by atoms with Crippen molar-refractivity contribution < 1.29 is 28.6 Å². The van der Waals surface area contributed by atoms with Gasteiger partial charge in [0, 0.05) is 39.0 Å². The molecule has 0 aromatic heterocycles. The number of allylic oxidation sites excluding steroid dienone is 4. The molecular weight excluding hydrogens is 775 g/mol. The summed E-state index contributed by atoms with van der Waals surface area (Å²) in [5.41, 5.74) is 0. The van der Waals surface area contributed by atoms with Crippen molar-refractivity contribution in [2.24, 2.45) is 0 Å². The van der Waals surface area contributed by atoms with Gasteiger partial charge in [-0.2, -0.15) is 0 Å². The number of nitrogens with one attached hydrogen (secondary N) is 1. The molecule has 0 aliphatic carbocycles. The highest BCUT2D eigenvalue weighted by atomic mass is 16.6. The van der Waals surface area contributed by atoms with E-state index in [2.05, 4.69) is 74.4 Å². The Morgan fingerprint density at radius 3 is 1.26 bits per heavy atom. The van der Waals surface area contributed by atoms with Crippen molar-refractivity contribution in [3.05, 3.63) is 24.3 Å². The van der Waals surface area contributed by atoms with Crippen LogP contribution in [0.2, 0.25) is 0 Å². The minimum absolute atomic E-state index is 0.114. The number of esters is 2. The highest BCUT2D eigenvalue weighted by Crippen LogP contribution is 2.16. The lowest BCUT2D eigenvalue weighted by Crippen LogP contribution is -2.37. The molecule has 0 aliphatic heterocycles. The fourth-order valence-electron chi connectivity index (χ4n) is 7.43. The van der Waals surface area contributed by atoms with Gasteiger partial charge >= 0.3 is 18.0 Å². The van der Waals surface area contributed by atoms with Crippen molar-refractivity contribution in [1.29, 1.82) is 0 Å². The minimum Gasteiger partial charge on any atom is -0.466 e. The van der Waals surface area contributed by atoms with Gasteiger partial charge in [0.1, 0.15) is 6.10 Å². The van der Waals surface area contributed by atoms with Gasteiger partial charge in [-0.15, -0.1) is 0 Å². The van der Waals surface area contributed by atoms with Gasteiger partial charge in [0.25, 0.3) is 0 Å². The second-order valence-corrected chi connectivity index (χ2v) is 18.2. The summed E-state index contributed by atoms with van der Waals surface area (Å²) in [5.74, 6) is -0.228. The molecule has 364 valence electrons. The molecule has 0 rings (SSSR count). The first-order valence-electron chi connectivity index (χ1n) is 26.2. The molecule has 0 saturated heterocycles. The number of nitrogens with zero attached hydrogens (tertiary/aromatic N) is 2. The van der Waals surface area contributed by atoms with Crippen molar-refractivity contribution >= 4 is 18.0 Å². The molecule has 0 aromatic rings. The quantitative estimate of drug-likeness (QED) is 0.0279. The fraction of sp³-hybridized carbons (Fsp3) is 0.868. The normalized spacial score (nSPS) is 11.8. The first-order chi connectivity index (χ1) is 30.3. The molecule has 0 unspecified atom stereocenters. The lowest BCUT2D eigenvalue weighted by atomic mass is 10.1. The van der Waals surface area contributed by atoms with Gasteiger partial charge in [-0.05, 0) is 124 Å². The maximum Gasteiger partial charge on any atom is 0.407 e. The highest BCUT2D eigenvalue weighted by Gasteiger charge is 2.15. The maximum atomic E-state index is 12.7. The third-order valence-corrected chi connectivity index (χ3v) is 11.6. The van der Waals surface area contributed by atoms with Gasteiger partial charge in [0.05, 0.1) is 13.2 Å². The molecule has 1 amide bonds. The number of hydrogen-bond acceptors (Lipinski definition) is 8. The van der Waals surface area contributed by atoms with Gasteiger partial charge in [-0.3, -0.25) is 9.59 Å². The van der Waals surface area contributed by atoms with E-state index >= 15 is 0 Å². The topological polar surface area (TPSA) is 97.4 Å². The zero-order valence-electron chi connectivity index (χ0n) is 41.5. The molecule has 0 atom stereocenters. The number of likely N-dealkylation sites (N-methyl/N-ethyl adjacent to an activating group) is 2. The molecule has 0 bridgehead atoms. The van der Waals surface area contributed by atoms with Crippen LogP contribution in [0.25, 0.3) is 0 Å². The van der Waals surface area contributed by atoms with Crippen LogP contribution in [-0.2, 0) is 23.8 Å². The van der Waals surface area contributed by atoms with E-state index in [1.54, 1.807) is 0 Å². The number of amides is 1. The summed E-state index contributed by atoms with van der Waals surface area (Å²) in [5, 5.41) is 2.91. The largest absolute Gasteiger partial charge is 0.466 e. The zero-order chi connectivity index (χ0) is 45.4. The Kier molecular flexibility index (Phi) is 46.2. The molecule has 0 spiro atoms. The first kappa shape index (κ1) is 59.6. The second kappa shape index (κ2) is 48.1. The molecule has 9 heteroatoms. The molecule has 9 nitrogen and oxygen atoms in total. The number of carbonyl (C=O) groups excluding carboxylic acids is 3. The summed E-state index contributed by atoms with van der Waals surface area (Å²) in [6.07, 6.45) is 46.4. The minimum atomic E-state index is -0.395. The van der Waals surface area contributed by atoms with Crippen LogP contribution in [0.4, 0.5) is 4.79 Å². The first-order valence-corrected chi connectivity index (χ1v) is 26.2. The smallest absolute Gasteiger partial charge is 0.407 e. The van der Waals surface area contributed by atoms with Gasteiger partial charge in [-0.25, -0.2) is 4.79 Å². The van der Waals surface area contributed by atoms with Gasteiger partial charge in [0.15, 0.2) is 0 Å². The van der Waals surface area contributed by atoms with E-state index in [4.69, 9.17) is 14.2 Å². The summed E-state index contributed by atoms with van der Waals surface area (Å²) in [6, 6.07) is 0. The van der Waals surface area contributed by atoms with Gasteiger partial charge < -0.3 is 29.3 Å². The third-order valence-electron chi connectivity index (χ3n) is 11.6. The lowest BCUT2D eigenvalue weighted by molar-refractivity contribution is -0.144. The zero-order valence-corrected chi connectivity index (χ0v) is 41.5. The van der Waals surface area contributed by atoms with E-state index in [0.717, 1.165) is 83.8 Å². The van der Waals surface area contributed by atoms with Crippen LogP contribution in [0.15, 0.2) is 24.3 Å². The maximum absolute atomic E-state index is 12.7. The van der Waals surface area contributed by atoms with Crippen LogP contribution >= 0.6 is 0 Å². The van der Waals surface area contributed by atoms with Crippen LogP contribution in [-0.4, -0.2) is 94.5 Å². The second-order valence-electron chi connectivity index (χ2n) is 18.2. The molecule has 0 aromatic carbocycles. The molecule has 1 N–H and O–H groups in total.